The van der Waals surface area contributed by atoms with E-state index in [0.29, 0.717) is 19.4 Å². The summed E-state index contributed by atoms with van der Waals surface area (Å²) >= 11 is 0. The third-order valence-corrected chi connectivity index (χ3v) is 3.27. The lowest BCUT2D eigenvalue weighted by Crippen LogP contribution is -2.29. The van der Waals surface area contributed by atoms with E-state index >= 15 is 0 Å². The van der Waals surface area contributed by atoms with E-state index in [1.165, 1.54) is 0 Å². The number of fused-ring (bicyclic) bond motifs is 1. The Morgan fingerprint density at radius 2 is 2.14 bits per heavy atom. The molecule has 0 radical (unpaired) electrons. The number of carbonyl (C=O) groups is 1. The maximum atomic E-state index is 11.7. The van der Waals surface area contributed by atoms with Crippen molar-refractivity contribution in [3.05, 3.63) is 29.6 Å². The predicted molar refractivity (Wildman–Crippen MR) is 94.9 cm³/mol. The standard InChI is InChI=1S/C15H22N4O.2ClH/c1-10-4-3-5-12-15(10)19-13(18-12)6-7-14(20)17-9-8-11(2)16;;/h3-5,11H,6-9,16H2,1-2H3,(H,17,20)(H,18,19);2*1H. The highest BCUT2D eigenvalue weighted by Crippen LogP contribution is 2.15. The maximum absolute atomic E-state index is 11.7. The summed E-state index contributed by atoms with van der Waals surface area (Å²) in [6.45, 7) is 4.60. The molecule has 1 aromatic heterocycles. The number of para-hydroxylation sites is 1. The van der Waals surface area contributed by atoms with Crippen molar-refractivity contribution in [3.8, 4) is 0 Å². The second kappa shape index (κ2) is 9.66. The number of H-pyrrole nitrogens is 1. The van der Waals surface area contributed by atoms with Gasteiger partial charge in [-0.05, 0) is 31.9 Å². The number of halogens is 2. The fraction of sp³-hybridized carbons (Fsp3) is 0.467. The molecule has 0 bridgehead atoms. The molecule has 22 heavy (non-hydrogen) atoms. The number of nitrogens with one attached hydrogen (secondary N) is 2. The average molecular weight is 347 g/mol. The minimum absolute atomic E-state index is 0. The number of nitrogens with two attached hydrogens (primary N) is 1. The van der Waals surface area contributed by atoms with Crippen LogP contribution in [0.15, 0.2) is 18.2 Å². The van der Waals surface area contributed by atoms with E-state index in [4.69, 9.17) is 5.73 Å². The van der Waals surface area contributed by atoms with Gasteiger partial charge >= 0.3 is 0 Å². The van der Waals surface area contributed by atoms with Gasteiger partial charge in [-0.25, -0.2) is 4.98 Å². The predicted octanol–water partition coefficient (Wildman–Crippen LogP) is 2.50. The van der Waals surface area contributed by atoms with E-state index in [1.807, 2.05) is 32.0 Å². The lowest BCUT2D eigenvalue weighted by atomic mass is 10.2. The molecule has 1 atom stereocenters. The molecule has 1 heterocycles. The summed E-state index contributed by atoms with van der Waals surface area (Å²) < 4.78 is 0. The fourth-order valence-corrected chi connectivity index (χ4v) is 2.10. The van der Waals surface area contributed by atoms with Crippen LogP contribution in [0.5, 0.6) is 0 Å². The largest absolute Gasteiger partial charge is 0.356 e. The van der Waals surface area contributed by atoms with Crippen LogP contribution in [0.1, 0.15) is 31.2 Å². The lowest BCUT2D eigenvalue weighted by molar-refractivity contribution is -0.121. The molecule has 7 heteroatoms. The Labute approximate surface area is 143 Å². The normalized spacial score (nSPS) is 11.4. The molecule has 0 saturated carbocycles. The molecule has 124 valence electrons. The number of hydrogen-bond donors (Lipinski definition) is 3. The van der Waals surface area contributed by atoms with Gasteiger partial charge < -0.3 is 16.0 Å². The Bertz CT molecular complexity index is 598. The van der Waals surface area contributed by atoms with E-state index < -0.39 is 0 Å². The van der Waals surface area contributed by atoms with Gasteiger partial charge in [0, 0.05) is 25.4 Å². The minimum atomic E-state index is 0. The van der Waals surface area contributed by atoms with Crippen molar-refractivity contribution in [2.75, 3.05) is 6.54 Å². The zero-order chi connectivity index (χ0) is 14.5. The molecular formula is C15H24Cl2N4O. The summed E-state index contributed by atoms with van der Waals surface area (Å²) in [5, 5.41) is 2.87. The number of aryl methyl sites for hydroxylation is 2. The summed E-state index contributed by atoms with van der Waals surface area (Å²) in [5.41, 5.74) is 8.79. The molecule has 0 aliphatic rings. The molecule has 1 aromatic carbocycles. The summed E-state index contributed by atoms with van der Waals surface area (Å²) in [6, 6.07) is 6.16. The number of aromatic nitrogens is 2. The Kier molecular flexibility index (Phi) is 9.09. The van der Waals surface area contributed by atoms with Gasteiger partial charge in [0.25, 0.3) is 0 Å². The van der Waals surface area contributed by atoms with E-state index in [2.05, 4.69) is 15.3 Å². The summed E-state index contributed by atoms with van der Waals surface area (Å²) in [7, 11) is 0. The lowest BCUT2D eigenvalue weighted by Gasteiger charge is -2.06. The van der Waals surface area contributed by atoms with Gasteiger partial charge in [-0.3, -0.25) is 4.79 Å². The van der Waals surface area contributed by atoms with E-state index in [-0.39, 0.29) is 36.8 Å². The highest BCUT2D eigenvalue weighted by Gasteiger charge is 2.07. The minimum Gasteiger partial charge on any atom is -0.356 e. The molecule has 0 saturated heterocycles. The second-order valence-corrected chi connectivity index (χ2v) is 5.27. The Morgan fingerprint density at radius 1 is 1.41 bits per heavy atom. The fourth-order valence-electron chi connectivity index (χ4n) is 2.10. The maximum Gasteiger partial charge on any atom is 0.220 e. The molecule has 0 spiro atoms. The first-order valence-electron chi connectivity index (χ1n) is 7.02. The van der Waals surface area contributed by atoms with Crippen LogP contribution in [0.4, 0.5) is 0 Å². The molecule has 0 aliphatic carbocycles. The summed E-state index contributed by atoms with van der Waals surface area (Å²) in [6.07, 6.45) is 1.87. The number of rotatable bonds is 6. The zero-order valence-electron chi connectivity index (χ0n) is 12.9. The van der Waals surface area contributed by atoms with Gasteiger partial charge in [0.1, 0.15) is 5.82 Å². The Balaban J connectivity index is 0.00000220. The number of amides is 1. The second-order valence-electron chi connectivity index (χ2n) is 5.27. The van der Waals surface area contributed by atoms with Gasteiger partial charge in [-0.15, -0.1) is 24.8 Å². The van der Waals surface area contributed by atoms with Crippen molar-refractivity contribution in [3.63, 3.8) is 0 Å². The van der Waals surface area contributed by atoms with Crippen molar-refractivity contribution in [2.24, 2.45) is 5.73 Å². The van der Waals surface area contributed by atoms with Crippen LogP contribution in [0.3, 0.4) is 0 Å². The molecule has 4 N–H and O–H groups in total. The van der Waals surface area contributed by atoms with Crippen LogP contribution >= 0.6 is 24.8 Å². The number of aromatic amines is 1. The van der Waals surface area contributed by atoms with Gasteiger partial charge in [0.15, 0.2) is 0 Å². The van der Waals surface area contributed by atoms with Crippen molar-refractivity contribution >= 4 is 41.8 Å². The topological polar surface area (TPSA) is 83.8 Å². The zero-order valence-corrected chi connectivity index (χ0v) is 14.5. The monoisotopic (exact) mass is 346 g/mol. The molecule has 1 unspecified atom stereocenters. The van der Waals surface area contributed by atoms with Gasteiger partial charge in [-0.2, -0.15) is 0 Å². The highest BCUT2D eigenvalue weighted by atomic mass is 35.5. The smallest absolute Gasteiger partial charge is 0.220 e. The van der Waals surface area contributed by atoms with E-state index in [9.17, 15) is 4.79 Å². The van der Waals surface area contributed by atoms with Crippen molar-refractivity contribution in [1.82, 2.24) is 15.3 Å². The third kappa shape index (κ3) is 5.83. The number of nitrogens with zero attached hydrogens (tertiary/aromatic N) is 1. The van der Waals surface area contributed by atoms with Crippen LogP contribution < -0.4 is 11.1 Å². The van der Waals surface area contributed by atoms with Gasteiger partial charge in [0.2, 0.25) is 5.91 Å². The van der Waals surface area contributed by atoms with Gasteiger partial charge in [0.05, 0.1) is 11.0 Å². The molecule has 5 nitrogen and oxygen atoms in total. The first-order chi connectivity index (χ1) is 9.56. The third-order valence-electron chi connectivity index (χ3n) is 3.27. The van der Waals surface area contributed by atoms with Crippen molar-refractivity contribution in [2.45, 2.75) is 39.2 Å². The van der Waals surface area contributed by atoms with E-state index in [0.717, 1.165) is 28.8 Å². The molecule has 0 fully saturated rings. The highest BCUT2D eigenvalue weighted by molar-refractivity contribution is 5.85. The molecule has 1 amide bonds. The summed E-state index contributed by atoms with van der Waals surface area (Å²) in [4.78, 5) is 19.5. The van der Waals surface area contributed by atoms with Crippen molar-refractivity contribution in [1.29, 1.82) is 0 Å². The average Bonchev–Trinajstić information content (AvgIpc) is 2.80. The number of carbonyl (C=O) groups excluding carboxylic acids is 1. The van der Waals surface area contributed by atoms with Crippen LogP contribution in [0.25, 0.3) is 11.0 Å². The first kappa shape index (κ1) is 20.7. The number of benzene rings is 1. The Hall–Kier alpha value is -1.30. The van der Waals surface area contributed by atoms with Crippen LogP contribution in [-0.4, -0.2) is 28.5 Å². The van der Waals surface area contributed by atoms with Crippen molar-refractivity contribution < 1.29 is 4.79 Å². The Morgan fingerprint density at radius 3 is 2.77 bits per heavy atom. The van der Waals surface area contributed by atoms with Crippen LogP contribution in [0.2, 0.25) is 0 Å². The summed E-state index contributed by atoms with van der Waals surface area (Å²) in [5.74, 6) is 0.902. The molecular weight excluding hydrogens is 323 g/mol. The number of hydrogen-bond acceptors (Lipinski definition) is 3. The number of imidazole rings is 1. The first-order valence-corrected chi connectivity index (χ1v) is 7.02. The molecule has 2 aromatic rings. The molecule has 0 aliphatic heterocycles. The SMILES string of the molecule is Cc1cccc2[nH]c(CCC(=O)NCCC(C)N)nc12.Cl.Cl. The van der Waals surface area contributed by atoms with Crippen LogP contribution in [0, 0.1) is 6.92 Å². The quantitative estimate of drug-likeness (QED) is 0.751. The van der Waals surface area contributed by atoms with E-state index in [1.54, 1.807) is 0 Å². The molecule has 2 rings (SSSR count). The van der Waals surface area contributed by atoms with Gasteiger partial charge in [-0.1, -0.05) is 12.1 Å². The van der Waals surface area contributed by atoms with Crippen LogP contribution in [-0.2, 0) is 11.2 Å².